The molecule has 1 aromatic carbocycles. The summed E-state index contributed by atoms with van der Waals surface area (Å²) < 4.78 is 0. The molecule has 0 bridgehead atoms. The van der Waals surface area contributed by atoms with Crippen LogP contribution >= 0.6 is 11.6 Å². The summed E-state index contributed by atoms with van der Waals surface area (Å²) in [6.07, 6.45) is 0. The van der Waals surface area contributed by atoms with Crippen molar-refractivity contribution in [2.24, 2.45) is 0 Å². The van der Waals surface area contributed by atoms with Gasteiger partial charge in [-0.25, -0.2) is 0 Å². The van der Waals surface area contributed by atoms with Crippen LogP contribution in [0.3, 0.4) is 0 Å². The van der Waals surface area contributed by atoms with Crippen molar-refractivity contribution >= 4 is 17.3 Å². The van der Waals surface area contributed by atoms with Crippen molar-refractivity contribution in [3.8, 4) is 0 Å². The van der Waals surface area contributed by atoms with E-state index in [2.05, 4.69) is 50.9 Å². The second kappa shape index (κ2) is 6.44. The summed E-state index contributed by atoms with van der Waals surface area (Å²) in [4.78, 5) is 2.34. The smallest absolute Gasteiger partial charge is 0.0471 e. The van der Waals surface area contributed by atoms with Gasteiger partial charge in [-0.2, -0.15) is 0 Å². The summed E-state index contributed by atoms with van der Waals surface area (Å²) in [6, 6.07) is 6.14. The molecule has 2 nitrogen and oxygen atoms in total. The van der Waals surface area contributed by atoms with Crippen LogP contribution in [-0.2, 0) is 6.54 Å². The van der Waals surface area contributed by atoms with Gasteiger partial charge < -0.3 is 10.2 Å². The Balaban J connectivity index is 3.00. The lowest BCUT2D eigenvalue weighted by molar-refractivity contribution is 0.424. The standard InChI is InChI=1S/C15H25ClN2/c1-6-18(7-2)14-10-8-9-13(16)12(14)11-17-15(3,4)5/h8-10,17H,6-7,11H2,1-5H3. The number of nitrogens with one attached hydrogen (secondary N) is 1. The highest BCUT2D eigenvalue weighted by Gasteiger charge is 2.14. The fourth-order valence-electron chi connectivity index (χ4n) is 1.94. The highest BCUT2D eigenvalue weighted by Crippen LogP contribution is 2.27. The van der Waals surface area contributed by atoms with Crippen molar-refractivity contribution in [2.75, 3.05) is 18.0 Å². The number of benzene rings is 1. The fraction of sp³-hybridized carbons (Fsp3) is 0.600. The molecule has 1 rings (SSSR count). The quantitative estimate of drug-likeness (QED) is 0.866. The van der Waals surface area contributed by atoms with Crippen LogP contribution in [0.5, 0.6) is 0 Å². The Labute approximate surface area is 116 Å². The van der Waals surface area contributed by atoms with Gasteiger partial charge in [-0.05, 0) is 46.8 Å². The monoisotopic (exact) mass is 268 g/mol. The van der Waals surface area contributed by atoms with Gasteiger partial charge >= 0.3 is 0 Å². The number of anilines is 1. The molecule has 18 heavy (non-hydrogen) atoms. The third-order valence-electron chi connectivity index (χ3n) is 2.99. The lowest BCUT2D eigenvalue weighted by Gasteiger charge is -2.27. The van der Waals surface area contributed by atoms with Crippen molar-refractivity contribution in [2.45, 2.75) is 46.7 Å². The van der Waals surface area contributed by atoms with Gasteiger partial charge in [0, 0.05) is 41.4 Å². The Morgan fingerprint density at radius 3 is 2.28 bits per heavy atom. The molecule has 0 heterocycles. The number of hydrogen-bond acceptors (Lipinski definition) is 2. The van der Waals surface area contributed by atoms with Crippen LogP contribution in [0.25, 0.3) is 0 Å². The molecule has 0 atom stereocenters. The molecular weight excluding hydrogens is 244 g/mol. The van der Waals surface area contributed by atoms with Gasteiger partial charge in [0.15, 0.2) is 0 Å². The second-order valence-corrected chi connectivity index (χ2v) is 5.92. The van der Waals surface area contributed by atoms with Gasteiger partial charge in [0.2, 0.25) is 0 Å². The Morgan fingerprint density at radius 1 is 1.17 bits per heavy atom. The molecule has 0 fully saturated rings. The molecule has 0 aliphatic heterocycles. The number of nitrogens with zero attached hydrogens (tertiary/aromatic N) is 1. The summed E-state index contributed by atoms with van der Waals surface area (Å²) in [7, 11) is 0. The van der Waals surface area contributed by atoms with E-state index in [1.165, 1.54) is 11.3 Å². The molecule has 0 radical (unpaired) electrons. The van der Waals surface area contributed by atoms with E-state index < -0.39 is 0 Å². The molecule has 0 aliphatic carbocycles. The molecule has 0 saturated carbocycles. The Morgan fingerprint density at radius 2 is 1.78 bits per heavy atom. The third-order valence-corrected chi connectivity index (χ3v) is 3.35. The van der Waals surface area contributed by atoms with Crippen molar-refractivity contribution in [3.63, 3.8) is 0 Å². The van der Waals surface area contributed by atoms with Crippen LogP contribution < -0.4 is 10.2 Å². The van der Waals surface area contributed by atoms with Crippen molar-refractivity contribution in [1.82, 2.24) is 5.32 Å². The Hall–Kier alpha value is -0.730. The summed E-state index contributed by atoms with van der Waals surface area (Å²) >= 11 is 6.35. The predicted octanol–water partition coefficient (Wildman–Crippen LogP) is 4.07. The molecule has 102 valence electrons. The SMILES string of the molecule is CCN(CC)c1cccc(Cl)c1CNC(C)(C)C. The average Bonchev–Trinajstić information content (AvgIpc) is 2.28. The minimum Gasteiger partial charge on any atom is -0.372 e. The van der Waals surface area contributed by atoms with Gasteiger partial charge in [0.05, 0.1) is 0 Å². The molecule has 0 aliphatic rings. The molecule has 0 spiro atoms. The fourth-order valence-corrected chi connectivity index (χ4v) is 2.17. The Kier molecular flexibility index (Phi) is 5.48. The van der Waals surface area contributed by atoms with Gasteiger partial charge in [-0.1, -0.05) is 17.7 Å². The van der Waals surface area contributed by atoms with Gasteiger partial charge in [0.25, 0.3) is 0 Å². The zero-order valence-corrected chi connectivity index (χ0v) is 12.9. The van der Waals surface area contributed by atoms with E-state index in [0.29, 0.717) is 0 Å². The average molecular weight is 269 g/mol. The van der Waals surface area contributed by atoms with E-state index in [4.69, 9.17) is 11.6 Å². The number of hydrogen-bond donors (Lipinski definition) is 1. The summed E-state index contributed by atoms with van der Waals surface area (Å²) in [6.45, 7) is 13.6. The highest BCUT2D eigenvalue weighted by molar-refractivity contribution is 6.31. The molecule has 0 amide bonds. The molecule has 3 heteroatoms. The van der Waals surface area contributed by atoms with Crippen LogP contribution in [0, 0.1) is 0 Å². The van der Waals surface area contributed by atoms with Crippen LogP contribution in [0.4, 0.5) is 5.69 Å². The maximum absolute atomic E-state index is 6.35. The summed E-state index contributed by atoms with van der Waals surface area (Å²) in [5, 5.41) is 4.35. The van der Waals surface area contributed by atoms with Crippen molar-refractivity contribution < 1.29 is 0 Å². The summed E-state index contributed by atoms with van der Waals surface area (Å²) in [5.74, 6) is 0. The summed E-state index contributed by atoms with van der Waals surface area (Å²) in [5.41, 5.74) is 2.53. The largest absolute Gasteiger partial charge is 0.372 e. The number of halogens is 1. The topological polar surface area (TPSA) is 15.3 Å². The van der Waals surface area contributed by atoms with Crippen LogP contribution in [0.15, 0.2) is 18.2 Å². The van der Waals surface area contributed by atoms with Gasteiger partial charge in [-0.3, -0.25) is 0 Å². The first-order valence-corrected chi connectivity index (χ1v) is 7.04. The minimum absolute atomic E-state index is 0.0969. The molecule has 0 unspecified atom stereocenters. The van der Waals surface area contributed by atoms with Crippen molar-refractivity contribution in [3.05, 3.63) is 28.8 Å². The maximum Gasteiger partial charge on any atom is 0.0471 e. The lowest BCUT2D eigenvalue weighted by Crippen LogP contribution is -2.36. The Bertz CT molecular complexity index is 379. The molecular formula is C15H25ClN2. The molecule has 0 saturated heterocycles. The zero-order valence-electron chi connectivity index (χ0n) is 12.2. The molecule has 1 aromatic rings. The zero-order chi connectivity index (χ0) is 13.8. The predicted molar refractivity (Wildman–Crippen MR) is 81.6 cm³/mol. The second-order valence-electron chi connectivity index (χ2n) is 5.51. The molecule has 1 N–H and O–H groups in total. The minimum atomic E-state index is 0.0969. The third kappa shape index (κ3) is 4.18. The first-order valence-electron chi connectivity index (χ1n) is 6.66. The highest BCUT2D eigenvalue weighted by atomic mass is 35.5. The van der Waals surface area contributed by atoms with Crippen LogP contribution in [-0.4, -0.2) is 18.6 Å². The van der Waals surface area contributed by atoms with E-state index in [1.807, 2.05) is 12.1 Å². The first-order chi connectivity index (χ1) is 8.39. The van der Waals surface area contributed by atoms with Gasteiger partial charge in [0.1, 0.15) is 0 Å². The van der Waals surface area contributed by atoms with E-state index >= 15 is 0 Å². The first kappa shape index (κ1) is 15.3. The number of rotatable bonds is 5. The maximum atomic E-state index is 6.35. The molecule has 0 aromatic heterocycles. The van der Waals surface area contributed by atoms with E-state index in [0.717, 1.165) is 24.7 Å². The van der Waals surface area contributed by atoms with E-state index in [9.17, 15) is 0 Å². The van der Waals surface area contributed by atoms with Crippen LogP contribution in [0.1, 0.15) is 40.2 Å². The van der Waals surface area contributed by atoms with E-state index in [1.54, 1.807) is 0 Å². The normalized spacial score (nSPS) is 11.7. The lowest BCUT2D eigenvalue weighted by atomic mass is 10.1. The van der Waals surface area contributed by atoms with E-state index in [-0.39, 0.29) is 5.54 Å². The van der Waals surface area contributed by atoms with Gasteiger partial charge in [-0.15, -0.1) is 0 Å². The van der Waals surface area contributed by atoms with Crippen molar-refractivity contribution in [1.29, 1.82) is 0 Å². The van der Waals surface area contributed by atoms with Crippen LogP contribution in [0.2, 0.25) is 5.02 Å².